The number of rotatable bonds is 3. The molecule has 2 rings (SSSR count). The molecule has 0 bridgehead atoms. The van der Waals surface area contributed by atoms with Gasteiger partial charge in [-0.15, -0.1) is 0 Å². The highest BCUT2D eigenvalue weighted by Crippen LogP contribution is 2.18. The van der Waals surface area contributed by atoms with Crippen molar-refractivity contribution in [3.8, 4) is 0 Å². The summed E-state index contributed by atoms with van der Waals surface area (Å²) in [4.78, 5) is 11.8. The summed E-state index contributed by atoms with van der Waals surface area (Å²) in [5.74, 6) is 0.101. The van der Waals surface area contributed by atoms with Crippen LogP contribution in [0.25, 0.3) is 0 Å². The normalized spacial score (nSPS) is 19.3. The molecule has 0 aromatic heterocycles. The standard InChI is InChI=1S/C13H17IN2O/c1-9-4-5-11(7-12(9)14)16-13(17)8-10-3-2-6-15-10/h4-5,7,10,15H,2-3,6,8H2,1H3,(H,16,17). The summed E-state index contributed by atoms with van der Waals surface area (Å²) in [6.07, 6.45) is 2.86. The second-order valence-corrected chi connectivity index (χ2v) is 5.67. The number of hydrogen-bond donors (Lipinski definition) is 2. The predicted molar refractivity (Wildman–Crippen MR) is 78.2 cm³/mol. The van der Waals surface area contributed by atoms with Crippen molar-refractivity contribution < 1.29 is 4.79 Å². The fraction of sp³-hybridized carbons (Fsp3) is 0.462. The summed E-state index contributed by atoms with van der Waals surface area (Å²) in [5, 5.41) is 6.28. The second kappa shape index (κ2) is 5.82. The van der Waals surface area contributed by atoms with Gasteiger partial charge in [0.2, 0.25) is 5.91 Å². The van der Waals surface area contributed by atoms with Gasteiger partial charge in [0.15, 0.2) is 0 Å². The predicted octanol–water partition coefficient (Wildman–Crippen LogP) is 2.68. The largest absolute Gasteiger partial charge is 0.326 e. The van der Waals surface area contributed by atoms with Crippen molar-refractivity contribution in [2.45, 2.75) is 32.2 Å². The Balaban J connectivity index is 1.90. The molecule has 0 radical (unpaired) electrons. The number of amides is 1. The van der Waals surface area contributed by atoms with Crippen LogP contribution in [0, 0.1) is 10.5 Å². The SMILES string of the molecule is Cc1ccc(NC(=O)CC2CCCN2)cc1I. The molecule has 1 unspecified atom stereocenters. The van der Waals surface area contributed by atoms with Gasteiger partial charge >= 0.3 is 0 Å². The molecule has 3 nitrogen and oxygen atoms in total. The second-order valence-electron chi connectivity index (χ2n) is 4.51. The van der Waals surface area contributed by atoms with Gasteiger partial charge in [0.25, 0.3) is 0 Å². The van der Waals surface area contributed by atoms with Crippen LogP contribution in [0.15, 0.2) is 18.2 Å². The molecular weight excluding hydrogens is 327 g/mol. The minimum atomic E-state index is 0.101. The summed E-state index contributed by atoms with van der Waals surface area (Å²) in [6, 6.07) is 6.36. The fourth-order valence-electron chi connectivity index (χ4n) is 2.04. The van der Waals surface area contributed by atoms with Crippen LogP contribution in [0.4, 0.5) is 5.69 Å². The summed E-state index contributed by atoms with van der Waals surface area (Å²) >= 11 is 2.28. The molecule has 1 saturated heterocycles. The number of carbonyl (C=O) groups excluding carboxylic acids is 1. The zero-order valence-electron chi connectivity index (χ0n) is 9.92. The number of aryl methyl sites for hydroxylation is 1. The van der Waals surface area contributed by atoms with Crippen LogP contribution in [0.1, 0.15) is 24.8 Å². The first-order chi connectivity index (χ1) is 8.15. The maximum Gasteiger partial charge on any atom is 0.225 e. The van der Waals surface area contributed by atoms with E-state index < -0.39 is 0 Å². The van der Waals surface area contributed by atoms with Crippen LogP contribution in [-0.4, -0.2) is 18.5 Å². The van der Waals surface area contributed by atoms with Crippen LogP contribution >= 0.6 is 22.6 Å². The van der Waals surface area contributed by atoms with Crippen LogP contribution in [0.5, 0.6) is 0 Å². The molecule has 1 aromatic rings. The van der Waals surface area contributed by atoms with Crippen molar-refractivity contribution >= 4 is 34.2 Å². The Labute approximate surface area is 116 Å². The number of hydrogen-bond acceptors (Lipinski definition) is 2. The van der Waals surface area contributed by atoms with E-state index in [0.717, 1.165) is 18.7 Å². The van der Waals surface area contributed by atoms with Gasteiger partial charge in [-0.3, -0.25) is 4.79 Å². The highest BCUT2D eigenvalue weighted by Gasteiger charge is 2.17. The highest BCUT2D eigenvalue weighted by atomic mass is 127. The molecule has 0 spiro atoms. The lowest BCUT2D eigenvalue weighted by Gasteiger charge is -2.11. The van der Waals surface area contributed by atoms with Gasteiger partial charge in [-0.05, 0) is 66.6 Å². The Morgan fingerprint density at radius 3 is 3.06 bits per heavy atom. The van der Waals surface area contributed by atoms with Gasteiger partial charge in [-0.2, -0.15) is 0 Å². The topological polar surface area (TPSA) is 41.1 Å². The smallest absolute Gasteiger partial charge is 0.225 e. The molecular formula is C13H17IN2O. The number of benzene rings is 1. The Bertz CT molecular complexity index is 414. The van der Waals surface area contributed by atoms with Crippen molar-refractivity contribution in [1.82, 2.24) is 5.32 Å². The van der Waals surface area contributed by atoms with Crippen molar-refractivity contribution in [1.29, 1.82) is 0 Å². The van der Waals surface area contributed by atoms with E-state index in [-0.39, 0.29) is 5.91 Å². The highest BCUT2D eigenvalue weighted by molar-refractivity contribution is 14.1. The van der Waals surface area contributed by atoms with Crippen molar-refractivity contribution in [2.75, 3.05) is 11.9 Å². The molecule has 92 valence electrons. The zero-order valence-corrected chi connectivity index (χ0v) is 12.1. The van der Waals surface area contributed by atoms with E-state index in [1.807, 2.05) is 18.2 Å². The van der Waals surface area contributed by atoms with Gasteiger partial charge in [0, 0.05) is 21.7 Å². The Morgan fingerprint density at radius 2 is 2.41 bits per heavy atom. The van der Waals surface area contributed by atoms with Crippen LogP contribution < -0.4 is 10.6 Å². The number of anilines is 1. The first-order valence-electron chi connectivity index (χ1n) is 5.94. The minimum Gasteiger partial charge on any atom is -0.326 e. The van der Waals surface area contributed by atoms with Crippen LogP contribution in [0.2, 0.25) is 0 Å². The Kier molecular flexibility index (Phi) is 4.39. The van der Waals surface area contributed by atoms with E-state index in [4.69, 9.17) is 0 Å². The van der Waals surface area contributed by atoms with Gasteiger partial charge in [-0.1, -0.05) is 6.07 Å². The first kappa shape index (κ1) is 12.8. The molecule has 1 aliphatic heterocycles. The summed E-state index contributed by atoms with van der Waals surface area (Å²) in [5.41, 5.74) is 2.13. The fourth-order valence-corrected chi connectivity index (χ4v) is 2.55. The molecule has 1 aliphatic rings. The number of carbonyl (C=O) groups is 1. The van der Waals surface area contributed by atoms with E-state index in [0.29, 0.717) is 12.5 Å². The minimum absolute atomic E-state index is 0.101. The van der Waals surface area contributed by atoms with Crippen LogP contribution in [0.3, 0.4) is 0 Å². The van der Waals surface area contributed by atoms with Crippen molar-refractivity contribution in [3.05, 3.63) is 27.3 Å². The molecule has 1 heterocycles. The van der Waals surface area contributed by atoms with E-state index in [9.17, 15) is 4.79 Å². The van der Waals surface area contributed by atoms with Crippen molar-refractivity contribution in [2.24, 2.45) is 0 Å². The first-order valence-corrected chi connectivity index (χ1v) is 7.02. The molecule has 1 aromatic carbocycles. The van der Waals surface area contributed by atoms with Crippen LogP contribution in [-0.2, 0) is 4.79 Å². The number of nitrogens with one attached hydrogen (secondary N) is 2. The van der Waals surface area contributed by atoms with E-state index in [2.05, 4.69) is 40.1 Å². The third-order valence-corrected chi connectivity index (χ3v) is 4.21. The third-order valence-electron chi connectivity index (χ3n) is 3.05. The third kappa shape index (κ3) is 3.67. The summed E-state index contributed by atoms with van der Waals surface area (Å²) in [6.45, 7) is 3.11. The maximum absolute atomic E-state index is 11.8. The quantitative estimate of drug-likeness (QED) is 0.828. The summed E-state index contributed by atoms with van der Waals surface area (Å²) < 4.78 is 1.18. The molecule has 2 N–H and O–H groups in total. The molecule has 0 saturated carbocycles. The molecule has 1 atom stereocenters. The lowest BCUT2D eigenvalue weighted by atomic mass is 10.1. The average molecular weight is 344 g/mol. The molecule has 0 aliphatic carbocycles. The van der Waals surface area contributed by atoms with E-state index in [1.54, 1.807) is 0 Å². The Morgan fingerprint density at radius 1 is 1.59 bits per heavy atom. The molecule has 1 amide bonds. The number of halogens is 1. The van der Waals surface area contributed by atoms with Gasteiger partial charge in [0.1, 0.15) is 0 Å². The molecule has 1 fully saturated rings. The van der Waals surface area contributed by atoms with Gasteiger partial charge in [0.05, 0.1) is 0 Å². The molecule has 4 heteroatoms. The zero-order chi connectivity index (χ0) is 12.3. The average Bonchev–Trinajstić information content (AvgIpc) is 2.76. The lowest BCUT2D eigenvalue weighted by Crippen LogP contribution is -2.27. The monoisotopic (exact) mass is 344 g/mol. The Hall–Kier alpha value is -0.620. The lowest BCUT2D eigenvalue weighted by molar-refractivity contribution is -0.116. The van der Waals surface area contributed by atoms with Crippen molar-refractivity contribution in [3.63, 3.8) is 0 Å². The summed E-state index contributed by atoms with van der Waals surface area (Å²) in [7, 11) is 0. The van der Waals surface area contributed by atoms with Gasteiger partial charge < -0.3 is 10.6 Å². The van der Waals surface area contributed by atoms with E-state index >= 15 is 0 Å². The van der Waals surface area contributed by atoms with Gasteiger partial charge in [-0.25, -0.2) is 0 Å². The maximum atomic E-state index is 11.8. The van der Waals surface area contributed by atoms with E-state index in [1.165, 1.54) is 15.6 Å². The molecule has 17 heavy (non-hydrogen) atoms.